The Morgan fingerprint density at radius 3 is 2.78 bits per heavy atom. The Morgan fingerprint density at radius 2 is 1.83 bits per heavy atom. The summed E-state index contributed by atoms with van der Waals surface area (Å²) in [6.07, 6.45) is 8.19. The summed E-state index contributed by atoms with van der Waals surface area (Å²) in [7, 11) is 0. The second-order valence-electron chi connectivity index (χ2n) is 6.63. The van der Waals surface area contributed by atoms with Crippen molar-refractivity contribution < 1.29 is 4.79 Å². The first kappa shape index (κ1) is 11.1. The van der Waals surface area contributed by atoms with Gasteiger partial charge in [0.05, 0.1) is 6.04 Å². The van der Waals surface area contributed by atoms with Crippen molar-refractivity contribution in [3.05, 3.63) is 0 Å². The Labute approximate surface area is 108 Å². The monoisotopic (exact) mass is 249 g/mol. The van der Waals surface area contributed by atoms with E-state index in [0.29, 0.717) is 18.0 Å². The van der Waals surface area contributed by atoms with Crippen molar-refractivity contribution in [2.45, 2.75) is 56.7 Å². The van der Waals surface area contributed by atoms with Crippen molar-refractivity contribution in [3.63, 3.8) is 0 Å². The van der Waals surface area contributed by atoms with Crippen LogP contribution in [0.5, 0.6) is 0 Å². The molecule has 18 heavy (non-hydrogen) atoms. The SMILES string of the molecule is O=C1NCC2CCC3C4CCCCC4NC3C2N1. The zero-order valence-electron chi connectivity index (χ0n) is 10.8. The predicted octanol–water partition coefficient (Wildman–Crippen LogP) is 1.22. The lowest BCUT2D eigenvalue weighted by molar-refractivity contribution is 0.134. The van der Waals surface area contributed by atoms with E-state index < -0.39 is 0 Å². The smallest absolute Gasteiger partial charge is 0.315 e. The second kappa shape index (κ2) is 4.12. The maximum atomic E-state index is 11.6. The van der Waals surface area contributed by atoms with Gasteiger partial charge in [0.2, 0.25) is 0 Å². The summed E-state index contributed by atoms with van der Waals surface area (Å²) in [6.45, 7) is 0.872. The van der Waals surface area contributed by atoms with Gasteiger partial charge in [-0.25, -0.2) is 4.79 Å². The number of rotatable bonds is 0. The topological polar surface area (TPSA) is 53.2 Å². The Balaban J connectivity index is 1.57. The molecule has 100 valence electrons. The number of amides is 2. The van der Waals surface area contributed by atoms with Gasteiger partial charge >= 0.3 is 6.03 Å². The standard InChI is InChI=1S/C14H23N3O/c18-14-15-7-8-5-6-10-9-3-1-2-4-11(9)16-13(10)12(8)17-14/h8-13,16H,1-7H2,(H2,15,17,18). The van der Waals surface area contributed by atoms with E-state index in [2.05, 4.69) is 16.0 Å². The molecule has 4 rings (SSSR count). The summed E-state index contributed by atoms with van der Waals surface area (Å²) < 4.78 is 0. The molecule has 2 heterocycles. The largest absolute Gasteiger partial charge is 0.338 e. The van der Waals surface area contributed by atoms with Gasteiger partial charge in [0.25, 0.3) is 0 Å². The number of carbonyl (C=O) groups is 1. The fourth-order valence-corrected chi connectivity index (χ4v) is 5.02. The third-order valence-electron chi connectivity index (χ3n) is 5.83. The lowest BCUT2D eigenvalue weighted by Crippen LogP contribution is -2.64. The summed E-state index contributed by atoms with van der Waals surface area (Å²) >= 11 is 0. The van der Waals surface area contributed by atoms with Gasteiger partial charge in [-0.05, 0) is 43.4 Å². The number of carbonyl (C=O) groups excluding carboxylic acids is 1. The fraction of sp³-hybridized carbons (Fsp3) is 0.929. The number of urea groups is 1. The summed E-state index contributed by atoms with van der Waals surface area (Å²) in [5.74, 6) is 2.34. The van der Waals surface area contributed by atoms with Crippen molar-refractivity contribution in [2.75, 3.05) is 6.54 Å². The van der Waals surface area contributed by atoms with Gasteiger partial charge in [-0.2, -0.15) is 0 Å². The summed E-state index contributed by atoms with van der Waals surface area (Å²) in [4.78, 5) is 11.6. The molecule has 4 nitrogen and oxygen atoms in total. The normalized spacial score (nSPS) is 50.6. The molecular weight excluding hydrogens is 226 g/mol. The molecule has 0 aromatic carbocycles. The van der Waals surface area contributed by atoms with Crippen LogP contribution in [-0.4, -0.2) is 30.7 Å². The number of nitrogens with one attached hydrogen (secondary N) is 3. The van der Waals surface area contributed by atoms with Crippen LogP contribution in [0.1, 0.15) is 38.5 Å². The van der Waals surface area contributed by atoms with Crippen LogP contribution in [0.3, 0.4) is 0 Å². The maximum Gasteiger partial charge on any atom is 0.315 e. The minimum Gasteiger partial charge on any atom is -0.338 e. The van der Waals surface area contributed by atoms with E-state index in [9.17, 15) is 4.79 Å². The van der Waals surface area contributed by atoms with Crippen molar-refractivity contribution >= 4 is 6.03 Å². The average molecular weight is 249 g/mol. The van der Waals surface area contributed by atoms with Crippen LogP contribution < -0.4 is 16.0 Å². The Morgan fingerprint density at radius 1 is 0.944 bits per heavy atom. The number of hydrogen-bond donors (Lipinski definition) is 3. The molecule has 0 bridgehead atoms. The maximum absolute atomic E-state index is 11.6. The van der Waals surface area contributed by atoms with Gasteiger partial charge in [-0.3, -0.25) is 0 Å². The van der Waals surface area contributed by atoms with Crippen LogP contribution >= 0.6 is 0 Å². The number of fused-ring (bicyclic) bond motifs is 5. The molecule has 0 aromatic heterocycles. The van der Waals surface area contributed by atoms with Crippen LogP contribution in [0.15, 0.2) is 0 Å². The zero-order chi connectivity index (χ0) is 12.1. The molecule has 2 aliphatic heterocycles. The lowest BCUT2D eigenvalue weighted by atomic mass is 9.68. The molecule has 2 saturated carbocycles. The molecule has 2 saturated heterocycles. The fourth-order valence-electron chi connectivity index (χ4n) is 5.02. The third-order valence-corrected chi connectivity index (χ3v) is 5.83. The van der Waals surface area contributed by atoms with Gasteiger partial charge in [0, 0.05) is 18.6 Å². The highest BCUT2D eigenvalue weighted by Crippen LogP contribution is 2.45. The van der Waals surface area contributed by atoms with Gasteiger partial charge in [0.1, 0.15) is 0 Å². The Kier molecular flexibility index (Phi) is 2.54. The molecule has 0 spiro atoms. The molecule has 4 heteroatoms. The Bertz CT molecular complexity index is 359. The van der Waals surface area contributed by atoms with E-state index in [-0.39, 0.29) is 6.03 Å². The minimum atomic E-state index is 0.0357. The minimum absolute atomic E-state index is 0.0357. The van der Waals surface area contributed by atoms with E-state index in [0.717, 1.165) is 24.4 Å². The first-order valence-corrected chi connectivity index (χ1v) is 7.63. The summed E-state index contributed by atoms with van der Waals surface area (Å²) in [5.41, 5.74) is 0. The van der Waals surface area contributed by atoms with Crippen molar-refractivity contribution in [1.29, 1.82) is 0 Å². The highest BCUT2D eigenvalue weighted by Gasteiger charge is 2.51. The van der Waals surface area contributed by atoms with Crippen molar-refractivity contribution in [2.24, 2.45) is 17.8 Å². The first-order chi connectivity index (χ1) is 8.83. The van der Waals surface area contributed by atoms with Gasteiger partial charge in [-0.1, -0.05) is 12.8 Å². The van der Waals surface area contributed by atoms with Crippen LogP contribution in [0.25, 0.3) is 0 Å². The van der Waals surface area contributed by atoms with Crippen molar-refractivity contribution in [1.82, 2.24) is 16.0 Å². The lowest BCUT2D eigenvalue weighted by Gasteiger charge is -2.44. The van der Waals surface area contributed by atoms with E-state index in [4.69, 9.17) is 0 Å². The molecule has 4 fully saturated rings. The molecule has 2 aliphatic carbocycles. The number of hydrogen-bond acceptors (Lipinski definition) is 2. The third kappa shape index (κ3) is 1.58. The van der Waals surface area contributed by atoms with Crippen LogP contribution in [0, 0.1) is 17.8 Å². The quantitative estimate of drug-likeness (QED) is 0.605. The first-order valence-electron chi connectivity index (χ1n) is 7.63. The molecular formula is C14H23N3O. The molecule has 2 amide bonds. The van der Waals surface area contributed by atoms with Gasteiger partial charge in [-0.15, -0.1) is 0 Å². The van der Waals surface area contributed by atoms with E-state index >= 15 is 0 Å². The zero-order valence-corrected chi connectivity index (χ0v) is 10.8. The van der Waals surface area contributed by atoms with E-state index in [1.807, 2.05) is 0 Å². The van der Waals surface area contributed by atoms with Gasteiger partial charge < -0.3 is 16.0 Å². The van der Waals surface area contributed by atoms with Crippen LogP contribution in [0.2, 0.25) is 0 Å². The predicted molar refractivity (Wildman–Crippen MR) is 69.2 cm³/mol. The molecule has 0 aromatic rings. The van der Waals surface area contributed by atoms with E-state index in [1.165, 1.54) is 38.5 Å². The second-order valence-corrected chi connectivity index (χ2v) is 6.63. The van der Waals surface area contributed by atoms with E-state index in [1.54, 1.807) is 0 Å². The highest BCUT2D eigenvalue weighted by atomic mass is 16.2. The summed E-state index contributed by atoms with van der Waals surface area (Å²) in [6, 6.07) is 1.69. The Hall–Kier alpha value is -0.770. The molecule has 3 N–H and O–H groups in total. The molecule has 6 atom stereocenters. The molecule has 0 radical (unpaired) electrons. The summed E-state index contributed by atoms with van der Waals surface area (Å²) in [5, 5.41) is 10.0. The molecule has 6 unspecified atom stereocenters. The molecule has 4 aliphatic rings. The average Bonchev–Trinajstić information content (AvgIpc) is 2.78. The van der Waals surface area contributed by atoms with Crippen LogP contribution in [-0.2, 0) is 0 Å². The van der Waals surface area contributed by atoms with Crippen LogP contribution in [0.4, 0.5) is 4.79 Å². The highest BCUT2D eigenvalue weighted by molar-refractivity contribution is 5.75. The van der Waals surface area contributed by atoms with Crippen molar-refractivity contribution in [3.8, 4) is 0 Å². The van der Waals surface area contributed by atoms with Gasteiger partial charge in [0.15, 0.2) is 0 Å².